The maximum Gasteiger partial charge on any atom is 0.411 e. The zero-order valence-corrected chi connectivity index (χ0v) is 17.0. The molecule has 2 aromatic carbocycles. The van der Waals surface area contributed by atoms with Gasteiger partial charge >= 0.3 is 6.09 Å². The third-order valence-corrected chi connectivity index (χ3v) is 5.16. The van der Waals surface area contributed by atoms with Gasteiger partial charge < -0.3 is 14.8 Å². The van der Waals surface area contributed by atoms with Gasteiger partial charge in [-0.05, 0) is 42.5 Å². The van der Waals surface area contributed by atoms with Crippen LogP contribution in [0.25, 0.3) is 0 Å². The van der Waals surface area contributed by atoms with Crippen LogP contribution in [0.1, 0.15) is 6.42 Å². The average Bonchev–Trinajstić information content (AvgIpc) is 2.68. The molecule has 0 aromatic heterocycles. The minimum atomic E-state index is -3.84. The normalized spacial score (nSPS) is 11.0. The third-order valence-electron chi connectivity index (χ3n) is 3.68. The van der Waals surface area contributed by atoms with E-state index in [0.717, 1.165) is 24.3 Å². The summed E-state index contributed by atoms with van der Waals surface area (Å²) in [5, 5.41) is 5.12. The molecule has 0 saturated carbocycles. The van der Waals surface area contributed by atoms with Crippen LogP contribution in [-0.4, -0.2) is 47.3 Å². The highest BCUT2D eigenvalue weighted by Crippen LogP contribution is 2.16. The Bertz CT molecular complexity index is 966. The van der Waals surface area contributed by atoms with Crippen LogP contribution in [0.3, 0.4) is 0 Å². The van der Waals surface area contributed by atoms with Crippen molar-refractivity contribution in [1.82, 2.24) is 4.72 Å². The predicted molar refractivity (Wildman–Crippen MR) is 108 cm³/mol. The molecular formula is C19H22FN3O6S. The Kier molecular flexibility index (Phi) is 8.71. The molecule has 11 heteroatoms. The molecule has 9 nitrogen and oxygen atoms in total. The Morgan fingerprint density at radius 2 is 1.67 bits per heavy atom. The van der Waals surface area contributed by atoms with Crippen LogP contribution in [0.15, 0.2) is 53.4 Å². The number of benzene rings is 2. The van der Waals surface area contributed by atoms with Crippen molar-refractivity contribution < 1.29 is 31.9 Å². The number of hydrogen-bond donors (Lipinski definition) is 3. The lowest BCUT2D eigenvalue weighted by Crippen LogP contribution is -2.27. The lowest BCUT2D eigenvalue weighted by Gasteiger charge is -2.10. The number of nitrogens with one attached hydrogen (secondary N) is 3. The minimum Gasteiger partial charge on any atom is -0.447 e. The molecule has 0 unspecified atom stereocenters. The summed E-state index contributed by atoms with van der Waals surface area (Å²) in [5.41, 5.74) is 0.823. The van der Waals surface area contributed by atoms with Crippen LogP contribution < -0.4 is 15.4 Å². The van der Waals surface area contributed by atoms with Crippen molar-refractivity contribution >= 4 is 33.4 Å². The monoisotopic (exact) mass is 439 g/mol. The maximum absolute atomic E-state index is 12.9. The van der Waals surface area contributed by atoms with Gasteiger partial charge in [-0.25, -0.2) is 22.3 Å². The summed E-state index contributed by atoms with van der Waals surface area (Å²) >= 11 is 0. The van der Waals surface area contributed by atoms with Gasteiger partial charge in [0.2, 0.25) is 15.9 Å². The van der Waals surface area contributed by atoms with Crippen molar-refractivity contribution in [2.24, 2.45) is 0 Å². The van der Waals surface area contributed by atoms with Crippen molar-refractivity contribution in [2.75, 3.05) is 37.5 Å². The first-order valence-electron chi connectivity index (χ1n) is 8.88. The molecule has 0 atom stereocenters. The minimum absolute atomic E-state index is 0.0968. The van der Waals surface area contributed by atoms with Gasteiger partial charge in [0.25, 0.3) is 0 Å². The molecule has 0 aliphatic carbocycles. The standard InChI is InChI=1S/C19H22FN3O6S/c1-28-11-12-29-19(25)23-16-4-2-3-15(13-16)22-18(24)9-10-21-30(26,27)17-7-5-14(20)6-8-17/h2-8,13,21H,9-12H2,1H3,(H,22,24)(H,23,25). The van der Waals surface area contributed by atoms with Crippen LogP contribution in [0, 0.1) is 5.82 Å². The second-order valence-corrected chi connectivity index (χ2v) is 7.75. The fourth-order valence-corrected chi connectivity index (χ4v) is 3.30. The van der Waals surface area contributed by atoms with Gasteiger partial charge in [0, 0.05) is 31.5 Å². The molecule has 0 bridgehead atoms. The summed E-state index contributed by atoms with van der Waals surface area (Å²) in [7, 11) is -2.36. The zero-order chi connectivity index (χ0) is 22.0. The molecule has 0 spiro atoms. The van der Waals surface area contributed by atoms with Gasteiger partial charge in [-0.15, -0.1) is 0 Å². The molecular weight excluding hydrogens is 417 g/mol. The van der Waals surface area contributed by atoms with Crippen LogP contribution >= 0.6 is 0 Å². The van der Waals surface area contributed by atoms with E-state index in [1.54, 1.807) is 18.2 Å². The maximum atomic E-state index is 12.9. The molecule has 0 aliphatic rings. The zero-order valence-electron chi connectivity index (χ0n) is 16.2. The molecule has 0 saturated heterocycles. The number of carbonyl (C=O) groups excluding carboxylic acids is 2. The Hall–Kier alpha value is -3.02. The quantitative estimate of drug-likeness (QED) is 0.489. The first-order valence-corrected chi connectivity index (χ1v) is 10.4. The van der Waals surface area contributed by atoms with E-state index in [9.17, 15) is 22.4 Å². The van der Waals surface area contributed by atoms with Crippen molar-refractivity contribution in [2.45, 2.75) is 11.3 Å². The number of amides is 2. The van der Waals surface area contributed by atoms with Crippen molar-refractivity contribution in [3.63, 3.8) is 0 Å². The topological polar surface area (TPSA) is 123 Å². The molecule has 2 amide bonds. The second-order valence-electron chi connectivity index (χ2n) is 5.98. The molecule has 0 radical (unpaired) electrons. The van der Waals surface area contributed by atoms with Gasteiger partial charge in [-0.2, -0.15) is 0 Å². The molecule has 2 rings (SSSR count). The van der Waals surface area contributed by atoms with E-state index in [4.69, 9.17) is 9.47 Å². The molecule has 2 aromatic rings. The lowest BCUT2D eigenvalue weighted by molar-refractivity contribution is -0.116. The Morgan fingerprint density at radius 1 is 1.00 bits per heavy atom. The fraction of sp³-hybridized carbons (Fsp3) is 0.263. The Labute approximate surface area is 173 Å². The lowest BCUT2D eigenvalue weighted by atomic mass is 10.2. The molecule has 162 valence electrons. The summed E-state index contributed by atoms with van der Waals surface area (Å²) in [6, 6.07) is 10.7. The highest BCUT2D eigenvalue weighted by molar-refractivity contribution is 7.89. The van der Waals surface area contributed by atoms with Crippen LogP contribution in [0.4, 0.5) is 20.6 Å². The molecule has 3 N–H and O–H groups in total. The number of anilines is 2. The number of hydrogen-bond acceptors (Lipinski definition) is 6. The molecule has 30 heavy (non-hydrogen) atoms. The van der Waals surface area contributed by atoms with E-state index in [0.29, 0.717) is 11.4 Å². The number of rotatable bonds is 10. The average molecular weight is 439 g/mol. The van der Waals surface area contributed by atoms with Gasteiger partial charge in [0.15, 0.2) is 0 Å². The summed E-state index contributed by atoms with van der Waals surface area (Å²) in [4.78, 5) is 23.6. The number of ether oxygens (including phenoxy) is 2. The number of methoxy groups -OCH3 is 1. The number of sulfonamides is 1. The van der Waals surface area contributed by atoms with Crippen LogP contribution in [0.5, 0.6) is 0 Å². The van der Waals surface area contributed by atoms with Crippen molar-refractivity contribution in [3.05, 3.63) is 54.3 Å². The summed E-state index contributed by atoms with van der Waals surface area (Å²) in [6.07, 6.45) is -0.789. The smallest absolute Gasteiger partial charge is 0.411 e. The van der Waals surface area contributed by atoms with E-state index in [1.807, 2.05) is 0 Å². The van der Waals surface area contributed by atoms with Gasteiger partial charge in [0.05, 0.1) is 11.5 Å². The SMILES string of the molecule is COCCOC(=O)Nc1cccc(NC(=O)CCNS(=O)(=O)c2ccc(F)cc2)c1. The molecule has 0 aliphatic heterocycles. The Balaban J connectivity index is 1.82. The van der Waals surface area contributed by atoms with Crippen LogP contribution in [-0.2, 0) is 24.3 Å². The predicted octanol–water partition coefficient (Wildman–Crippen LogP) is 2.33. The summed E-state index contributed by atoms with van der Waals surface area (Å²) in [6.45, 7) is 0.232. The van der Waals surface area contributed by atoms with Crippen molar-refractivity contribution in [3.8, 4) is 0 Å². The van der Waals surface area contributed by atoms with E-state index in [1.165, 1.54) is 13.2 Å². The molecule has 0 fully saturated rings. The number of carbonyl (C=O) groups is 2. The highest BCUT2D eigenvalue weighted by Gasteiger charge is 2.14. The third kappa shape index (κ3) is 7.78. The van der Waals surface area contributed by atoms with E-state index < -0.39 is 27.8 Å². The Morgan fingerprint density at radius 3 is 2.33 bits per heavy atom. The summed E-state index contributed by atoms with van der Waals surface area (Å²) < 4.78 is 49.0. The fourth-order valence-electron chi connectivity index (χ4n) is 2.27. The first kappa shape index (κ1) is 23.3. The summed E-state index contributed by atoms with van der Waals surface area (Å²) in [5.74, 6) is -0.982. The van der Waals surface area contributed by atoms with E-state index >= 15 is 0 Å². The van der Waals surface area contributed by atoms with Gasteiger partial charge in [-0.1, -0.05) is 6.07 Å². The van der Waals surface area contributed by atoms with Gasteiger partial charge in [-0.3, -0.25) is 10.1 Å². The van der Waals surface area contributed by atoms with E-state index in [2.05, 4.69) is 15.4 Å². The van der Waals surface area contributed by atoms with Crippen molar-refractivity contribution in [1.29, 1.82) is 0 Å². The van der Waals surface area contributed by atoms with Gasteiger partial charge in [0.1, 0.15) is 12.4 Å². The number of halogens is 1. The first-order chi connectivity index (χ1) is 14.3. The molecule has 0 heterocycles. The van der Waals surface area contributed by atoms with E-state index in [-0.39, 0.29) is 31.1 Å². The second kappa shape index (κ2) is 11.2. The largest absolute Gasteiger partial charge is 0.447 e. The highest BCUT2D eigenvalue weighted by atomic mass is 32.2. The van der Waals surface area contributed by atoms with Crippen LogP contribution in [0.2, 0.25) is 0 Å².